The van der Waals surface area contributed by atoms with Crippen molar-refractivity contribution in [2.45, 2.75) is 13.1 Å². The van der Waals surface area contributed by atoms with E-state index in [-0.39, 0.29) is 24.6 Å². The zero-order valence-corrected chi connectivity index (χ0v) is 16.7. The molecule has 32 heavy (non-hydrogen) atoms. The third-order valence-electron chi connectivity index (χ3n) is 5.83. The van der Waals surface area contributed by atoms with Crippen LogP contribution in [-0.2, 0) is 13.1 Å². The van der Waals surface area contributed by atoms with Gasteiger partial charge in [-0.3, -0.25) is 14.2 Å². The topological polar surface area (TPSA) is 63.4 Å². The smallest absolute Gasteiger partial charge is 0.271 e. The van der Waals surface area contributed by atoms with Crippen molar-refractivity contribution in [3.63, 3.8) is 0 Å². The van der Waals surface area contributed by atoms with Crippen molar-refractivity contribution in [2.24, 2.45) is 0 Å². The highest BCUT2D eigenvalue weighted by molar-refractivity contribution is 5.97. The normalized spacial score (nSPS) is 13.3. The molecule has 0 fully saturated rings. The average molecular weight is 427 g/mol. The minimum atomic E-state index is -0.690. The number of amides is 1. The molecular weight excluding hydrogens is 412 g/mol. The van der Waals surface area contributed by atoms with Crippen molar-refractivity contribution in [1.29, 1.82) is 0 Å². The van der Waals surface area contributed by atoms with Crippen LogP contribution in [0.5, 0.6) is 0 Å². The van der Waals surface area contributed by atoms with E-state index in [1.54, 1.807) is 28.8 Å². The number of halogens is 2. The molecule has 8 heteroatoms. The Labute approximate surface area is 180 Å². The van der Waals surface area contributed by atoms with Crippen molar-refractivity contribution in [1.82, 2.24) is 24.5 Å². The number of nitrogens with zero attached hydrogens (tertiary/aromatic N) is 5. The predicted molar refractivity (Wildman–Crippen MR) is 114 cm³/mol. The third-order valence-corrected chi connectivity index (χ3v) is 5.83. The molecule has 0 atom stereocenters. The van der Waals surface area contributed by atoms with Gasteiger partial charge in [-0.15, -0.1) is 10.2 Å². The fraction of sp³-hybridized carbons (Fsp3) is 0.0833. The van der Waals surface area contributed by atoms with Gasteiger partial charge in [0.1, 0.15) is 23.7 Å². The summed E-state index contributed by atoms with van der Waals surface area (Å²) in [6.07, 6.45) is 3.16. The SMILES string of the molecule is O=C1c2c(ccc3nncn23)CN1Cc1c(F)cc(-c2ccc3ncccc3c2)cc1F. The molecule has 2 aromatic carbocycles. The first-order valence-electron chi connectivity index (χ1n) is 10.0. The van der Waals surface area contributed by atoms with Gasteiger partial charge in [0.05, 0.1) is 12.1 Å². The standard InChI is InChI=1S/C24H15F2N5O/c25-19-9-17(14-3-5-21-15(8-14)2-1-7-27-21)10-20(26)18(19)12-30-11-16-4-6-22-29-28-13-31(22)23(16)24(30)32/h1-10,13H,11-12H2. The number of pyridine rings is 2. The fourth-order valence-corrected chi connectivity index (χ4v) is 4.23. The molecule has 6 rings (SSSR count). The van der Waals surface area contributed by atoms with E-state index in [0.717, 1.165) is 16.5 Å². The Hall–Kier alpha value is -4.20. The summed E-state index contributed by atoms with van der Waals surface area (Å²) < 4.78 is 31.6. The Balaban J connectivity index is 1.33. The molecule has 6 nitrogen and oxygen atoms in total. The van der Waals surface area contributed by atoms with E-state index in [2.05, 4.69) is 15.2 Å². The third kappa shape index (κ3) is 2.84. The summed E-state index contributed by atoms with van der Waals surface area (Å²) in [6, 6.07) is 15.3. The molecule has 1 aliphatic heterocycles. The second-order valence-corrected chi connectivity index (χ2v) is 7.76. The van der Waals surface area contributed by atoms with Crippen LogP contribution in [0, 0.1) is 11.6 Å². The summed E-state index contributed by atoms with van der Waals surface area (Å²) in [4.78, 5) is 18.6. The van der Waals surface area contributed by atoms with Gasteiger partial charge in [-0.1, -0.05) is 18.2 Å². The lowest BCUT2D eigenvalue weighted by Gasteiger charge is -2.17. The highest BCUT2D eigenvalue weighted by atomic mass is 19.1. The molecule has 0 spiro atoms. The van der Waals surface area contributed by atoms with Crippen LogP contribution < -0.4 is 0 Å². The number of carbonyl (C=O) groups excluding carboxylic acids is 1. The van der Waals surface area contributed by atoms with E-state index in [0.29, 0.717) is 22.5 Å². The molecule has 0 radical (unpaired) electrons. The Morgan fingerprint density at radius 2 is 1.81 bits per heavy atom. The summed E-state index contributed by atoms with van der Waals surface area (Å²) in [5, 5.41) is 8.65. The monoisotopic (exact) mass is 427 g/mol. The quantitative estimate of drug-likeness (QED) is 0.429. The first kappa shape index (κ1) is 18.6. The molecule has 0 saturated carbocycles. The van der Waals surface area contributed by atoms with Gasteiger partial charge in [0.25, 0.3) is 5.91 Å². The minimum absolute atomic E-state index is 0.141. The second-order valence-electron chi connectivity index (χ2n) is 7.76. The summed E-state index contributed by atoms with van der Waals surface area (Å²) in [5.41, 5.74) is 3.53. The number of carbonyl (C=O) groups is 1. The van der Waals surface area contributed by atoms with E-state index in [4.69, 9.17) is 0 Å². The van der Waals surface area contributed by atoms with E-state index >= 15 is 8.78 Å². The Bertz CT molecular complexity index is 1520. The van der Waals surface area contributed by atoms with Crippen LogP contribution in [0.25, 0.3) is 27.7 Å². The van der Waals surface area contributed by atoms with Crippen LogP contribution in [0.15, 0.2) is 67.1 Å². The maximum absolute atomic E-state index is 15.0. The van der Waals surface area contributed by atoms with Gasteiger partial charge in [-0.2, -0.15) is 0 Å². The number of fused-ring (bicyclic) bond motifs is 4. The van der Waals surface area contributed by atoms with E-state index in [1.165, 1.54) is 23.4 Å². The lowest BCUT2D eigenvalue weighted by atomic mass is 10.0. The van der Waals surface area contributed by atoms with Gasteiger partial charge in [-0.05, 0) is 47.5 Å². The van der Waals surface area contributed by atoms with Crippen LogP contribution in [0.3, 0.4) is 0 Å². The molecule has 0 unspecified atom stereocenters. The maximum atomic E-state index is 15.0. The van der Waals surface area contributed by atoms with Crippen molar-refractivity contribution in [3.05, 3.63) is 95.6 Å². The summed E-state index contributed by atoms with van der Waals surface area (Å²) in [7, 11) is 0. The van der Waals surface area contributed by atoms with Crippen LogP contribution in [0.2, 0.25) is 0 Å². The van der Waals surface area contributed by atoms with Gasteiger partial charge in [0.2, 0.25) is 0 Å². The molecule has 0 N–H and O–H groups in total. The van der Waals surface area contributed by atoms with Gasteiger partial charge in [0.15, 0.2) is 5.65 Å². The number of hydrogen-bond donors (Lipinski definition) is 0. The van der Waals surface area contributed by atoms with E-state index in [9.17, 15) is 4.79 Å². The van der Waals surface area contributed by atoms with E-state index in [1.807, 2.05) is 24.3 Å². The molecule has 0 saturated heterocycles. The van der Waals surface area contributed by atoms with Crippen molar-refractivity contribution in [3.8, 4) is 11.1 Å². The molecule has 1 amide bonds. The molecule has 0 aliphatic carbocycles. The summed E-state index contributed by atoms with van der Waals surface area (Å²) >= 11 is 0. The molecular formula is C24H15F2N5O. The molecule has 4 heterocycles. The van der Waals surface area contributed by atoms with Gasteiger partial charge in [-0.25, -0.2) is 8.78 Å². The molecule has 156 valence electrons. The highest BCUT2D eigenvalue weighted by Crippen LogP contribution is 2.30. The molecule has 1 aliphatic rings. The van der Waals surface area contributed by atoms with Gasteiger partial charge >= 0.3 is 0 Å². The fourth-order valence-electron chi connectivity index (χ4n) is 4.23. The molecule has 3 aromatic heterocycles. The van der Waals surface area contributed by atoms with Crippen LogP contribution in [0.1, 0.15) is 21.6 Å². The Morgan fingerprint density at radius 3 is 2.66 bits per heavy atom. The van der Waals surface area contributed by atoms with Crippen molar-refractivity contribution < 1.29 is 13.6 Å². The van der Waals surface area contributed by atoms with Crippen molar-refractivity contribution >= 4 is 22.5 Å². The van der Waals surface area contributed by atoms with Crippen molar-refractivity contribution in [2.75, 3.05) is 0 Å². The molecule has 5 aromatic rings. The van der Waals surface area contributed by atoms with Gasteiger partial charge in [0, 0.05) is 29.3 Å². The highest BCUT2D eigenvalue weighted by Gasteiger charge is 2.31. The average Bonchev–Trinajstić information content (AvgIpc) is 3.40. The first-order valence-corrected chi connectivity index (χ1v) is 10.0. The Kier molecular flexibility index (Phi) is 4.01. The van der Waals surface area contributed by atoms with Gasteiger partial charge < -0.3 is 4.90 Å². The largest absolute Gasteiger partial charge is 0.328 e. The molecule has 0 bridgehead atoms. The van der Waals surface area contributed by atoms with Crippen LogP contribution in [-0.4, -0.2) is 30.4 Å². The number of rotatable bonds is 3. The minimum Gasteiger partial charge on any atom is -0.328 e. The summed E-state index contributed by atoms with van der Waals surface area (Å²) in [6.45, 7) is 0.0946. The lowest BCUT2D eigenvalue weighted by molar-refractivity contribution is 0.0758. The zero-order chi connectivity index (χ0) is 21.8. The lowest BCUT2D eigenvalue weighted by Crippen LogP contribution is -2.25. The Morgan fingerprint density at radius 1 is 0.969 bits per heavy atom. The second kappa shape index (κ2) is 6.91. The van der Waals surface area contributed by atoms with Crippen LogP contribution in [0.4, 0.5) is 8.78 Å². The van der Waals surface area contributed by atoms with E-state index < -0.39 is 11.6 Å². The predicted octanol–water partition coefficient (Wildman–Crippen LogP) is 4.38. The number of aromatic nitrogens is 4. The zero-order valence-electron chi connectivity index (χ0n) is 16.7. The number of hydrogen-bond acceptors (Lipinski definition) is 4. The summed E-state index contributed by atoms with van der Waals surface area (Å²) in [5.74, 6) is -1.69. The maximum Gasteiger partial charge on any atom is 0.271 e. The van der Waals surface area contributed by atoms with Crippen LogP contribution >= 0.6 is 0 Å². The number of benzene rings is 2. The first-order chi connectivity index (χ1) is 15.6.